The van der Waals surface area contributed by atoms with Crippen LogP contribution in [0.2, 0.25) is 0 Å². The average Bonchev–Trinajstić information content (AvgIpc) is 3.11. The van der Waals surface area contributed by atoms with Crippen LogP contribution in [0.3, 0.4) is 0 Å². The normalized spacial score (nSPS) is 10.4. The van der Waals surface area contributed by atoms with Gasteiger partial charge >= 0.3 is 11.9 Å². The highest BCUT2D eigenvalue weighted by molar-refractivity contribution is 5.90. The zero-order chi connectivity index (χ0) is 17.1. The number of carboxylic acids is 1. The third kappa shape index (κ3) is 3.03. The molecule has 0 spiro atoms. The van der Waals surface area contributed by atoms with E-state index in [2.05, 4.69) is 5.10 Å². The van der Waals surface area contributed by atoms with Gasteiger partial charge in [0.15, 0.2) is 0 Å². The van der Waals surface area contributed by atoms with Crippen molar-refractivity contribution in [1.82, 2.24) is 9.78 Å². The van der Waals surface area contributed by atoms with Crippen LogP contribution in [0.15, 0.2) is 60.8 Å². The van der Waals surface area contributed by atoms with Crippen molar-refractivity contribution in [2.45, 2.75) is 0 Å². The molecule has 2 aromatic carbocycles. The molecule has 3 aromatic rings. The predicted molar refractivity (Wildman–Crippen MR) is 87.3 cm³/mol. The van der Waals surface area contributed by atoms with Crippen LogP contribution in [0.4, 0.5) is 0 Å². The molecule has 120 valence electrons. The van der Waals surface area contributed by atoms with Gasteiger partial charge in [-0.3, -0.25) is 0 Å². The lowest BCUT2D eigenvalue weighted by Gasteiger charge is -2.04. The van der Waals surface area contributed by atoms with Gasteiger partial charge in [-0.2, -0.15) is 5.10 Å². The summed E-state index contributed by atoms with van der Waals surface area (Å²) < 4.78 is 6.33. The van der Waals surface area contributed by atoms with Crippen molar-refractivity contribution in [3.8, 4) is 16.9 Å². The van der Waals surface area contributed by atoms with Gasteiger partial charge in [0.1, 0.15) is 0 Å². The van der Waals surface area contributed by atoms with E-state index >= 15 is 0 Å². The molecule has 0 amide bonds. The van der Waals surface area contributed by atoms with Crippen molar-refractivity contribution in [3.63, 3.8) is 0 Å². The average molecular weight is 322 g/mol. The minimum atomic E-state index is -0.984. The number of hydrogen-bond acceptors (Lipinski definition) is 4. The molecule has 1 N–H and O–H groups in total. The van der Waals surface area contributed by atoms with Crippen LogP contribution in [-0.4, -0.2) is 33.9 Å². The lowest BCUT2D eigenvalue weighted by atomic mass is 10.1. The van der Waals surface area contributed by atoms with E-state index in [1.807, 2.05) is 6.07 Å². The second-order valence-corrected chi connectivity index (χ2v) is 5.07. The molecule has 0 aliphatic heterocycles. The Balaban J connectivity index is 1.95. The Morgan fingerprint density at radius 3 is 2.54 bits per heavy atom. The van der Waals surface area contributed by atoms with Crippen LogP contribution < -0.4 is 0 Å². The van der Waals surface area contributed by atoms with E-state index in [0.717, 1.165) is 0 Å². The van der Waals surface area contributed by atoms with Crippen LogP contribution in [0.5, 0.6) is 0 Å². The third-order valence-corrected chi connectivity index (χ3v) is 3.53. The van der Waals surface area contributed by atoms with E-state index in [4.69, 9.17) is 9.84 Å². The molecular formula is C18H14N2O4. The molecule has 0 saturated heterocycles. The van der Waals surface area contributed by atoms with Crippen molar-refractivity contribution in [2.24, 2.45) is 0 Å². The van der Waals surface area contributed by atoms with Crippen molar-refractivity contribution < 1.29 is 19.4 Å². The largest absolute Gasteiger partial charge is 0.478 e. The van der Waals surface area contributed by atoms with Crippen molar-refractivity contribution in [1.29, 1.82) is 0 Å². The smallest absolute Gasteiger partial charge is 0.337 e. The molecule has 3 rings (SSSR count). The Morgan fingerprint density at radius 1 is 1.04 bits per heavy atom. The lowest BCUT2D eigenvalue weighted by molar-refractivity contribution is 0.0599. The summed E-state index contributed by atoms with van der Waals surface area (Å²) in [4.78, 5) is 22.7. The number of ether oxygens (including phenoxy) is 1. The topological polar surface area (TPSA) is 81.4 Å². The van der Waals surface area contributed by atoms with E-state index in [0.29, 0.717) is 22.5 Å². The van der Waals surface area contributed by atoms with Crippen LogP contribution >= 0.6 is 0 Å². The summed E-state index contributed by atoms with van der Waals surface area (Å²) in [7, 11) is 1.33. The van der Waals surface area contributed by atoms with Gasteiger partial charge in [-0.1, -0.05) is 18.2 Å². The molecule has 0 fully saturated rings. The van der Waals surface area contributed by atoms with Crippen molar-refractivity contribution in [2.75, 3.05) is 7.11 Å². The fourth-order valence-corrected chi connectivity index (χ4v) is 2.33. The quantitative estimate of drug-likeness (QED) is 0.747. The summed E-state index contributed by atoms with van der Waals surface area (Å²) in [6.07, 6.45) is 1.75. The minimum Gasteiger partial charge on any atom is -0.478 e. The first-order valence-electron chi connectivity index (χ1n) is 7.16. The van der Waals surface area contributed by atoms with Crippen LogP contribution in [0, 0.1) is 0 Å². The summed E-state index contributed by atoms with van der Waals surface area (Å²) in [5.41, 5.74) is 2.69. The van der Waals surface area contributed by atoms with Gasteiger partial charge in [-0.05, 0) is 36.4 Å². The number of aromatic carboxylic acids is 1. The monoisotopic (exact) mass is 322 g/mol. The molecule has 0 aliphatic carbocycles. The van der Waals surface area contributed by atoms with Gasteiger partial charge in [0, 0.05) is 11.8 Å². The number of rotatable bonds is 4. The van der Waals surface area contributed by atoms with Gasteiger partial charge in [0.05, 0.1) is 29.6 Å². The maximum absolute atomic E-state index is 11.6. The summed E-state index contributed by atoms with van der Waals surface area (Å²) >= 11 is 0. The van der Waals surface area contributed by atoms with E-state index in [9.17, 15) is 9.59 Å². The molecular weight excluding hydrogens is 308 g/mol. The highest BCUT2D eigenvalue weighted by atomic mass is 16.5. The van der Waals surface area contributed by atoms with Gasteiger partial charge in [0.25, 0.3) is 0 Å². The molecule has 0 saturated carbocycles. The minimum absolute atomic E-state index is 0.203. The first-order valence-corrected chi connectivity index (χ1v) is 7.16. The Morgan fingerprint density at radius 2 is 1.79 bits per heavy atom. The highest BCUT2D eigenvalue weighted by Gasteiger charge is 2.10. The molecule has 6 nitrogen and oxygen atoms in total. The standard InChI is InChI=1S/C18H14N2O4/c1-24-18(23)14-6-3-7-15(11-14)20-9-8-16(19-20)12-4-2-5-13(10-12)17(21)22/h2-11H,1H3,(H,21,22). The molecule has 0 bridgehead atoms. The maximum Gasteiger partial charge on any atom is 0.337 e. The summed E-state index contributed by atoms with van der Waals surface area (Å²) in [5.74, 6) is -1.40. The third-order valence-electron chi connectivity index (χ3n) is 3.53. The number of esters is 1. The zero-order valence-corrected chi connectivity index (χ0v) is 12.8. The molecule has 0 unspecified atom stereocenters. The Kier molecular flexibility index (Phi) is 4.11. The van der Waals surface area contributed by atoms with E-state index in [-0.39, 0.29) is 5.56 Å². The fourth-order valence-electron chi connectivity index (χ4n) is 2.33. The number of carboxylic acid groups (broad SMARTS) is 1. The molecule has 0 aliphatic rings. The maximum atomic E-state index is 11.6. The number of nitrogens with zero attached hydrogens (tertiary/aromatic N) is 2. The fraction of sp³-hybridized carbons (Fsp3) is 0.0556. The molecule has 24 heavy (non-hydrogen) atoms. The number of carbonyl (C=O) groups excluding carboxylic acids is 1. The molecule has 0 radical (unpaired) electrons. The SMILES string of the molecule is COC(=O)c1cccc(-n2ccc(-c3cccc(C(=O)O)c3)n2)c1. The number of hydrogen-bond donors (Lipinski definition) is 1. The predicted octanol–water partition coefficient (Wildman–Crippen LogP) is 3.02. The summed E-state index contributed by atoms with van der Waals surface area (Å²) in [6, 6.07) is 15.3. The lowest BCUT2D eigenvalue weighted by Crippen LogP contribution is -2.03. The summed E-state index contributed by atoms with van der Waals surface area (Å²) in [5, 5.41) is 13.5. The first-order chi connectivity index (χ1) is 11.6. The highest BCUT2D eigenvalue weighted by Crippen LogP contribution is 2.20. The van der Waals surface area contributed by atoms with Gasteiger partial charge in [-0.25, -0.2) is 14.3 Å². The van der Waals surface area contributed by atoms with Gasteiger partial charge < -0.3 is 9.84 Å². The van der Waals surface area contributed by atoms with Gasteiger partial charge in [0.2, 0.25) is 0 Å². The number of aromatic nitrogens is 2. The van der Waals surface area contributed by atoms with Crippen molar-refractivity contribution in [3.05, 3.63) is 71.9 Å². The number of carbonyl (C=O) groups is 2. The molecule has 0 atom stereocenters. The van der Waals surface area contributed by atoms with Crippen LogP contribution in [0.25, 0.3) is 16.9 Å². The van der Waals surface area contributed by atoms with E-state index < -0.39 is 11.9 Å². The Labute approximate surface area is 137 Å². The molecule has 6 heteroatoms. The van der Waals surface area contributed by atoms with Gasteiger partial charge in [-0.15, -0.1) is 0 Å². The second kappa shape index (κ2) is 6.37. The molecule has 1 aromatic heterocycles. The van der Waals surface area contributed by atoms with Crippen LogP contribution in [0.1, 0.15) is 20.7 Å². The molecule has 1 heterocycles. The summed E-state index contributed by atoms with van der Waals surface area (Å²) in [6.45, 7) is 0. The first kappa shape index (κ1) is 15.5. The van der Waals surface area contributed by atoms with Crippen LogP contribution in [-0.2, 0) is 4.74 Å². The number of benzene rings is 2. The Bertz CT molecular complexity index is 915. The van der Waals surface area contributed by atoms with E-state index in [1.165, 1.54) is 13.2 Å². The van der Waals surface area contributed by atoms with E-state index in [1.54, 1.807) is 53.3 Å². The number of methoxy groups -OCH3 is 1. The zero-order valence-electron chi connectivity index (χ0n) is 12.8. The second-order valence-electron chi connectivity index (χ2n) is 5.07. The Hall–Kier alpha value is -3.41. The van der Waals surface area contributed by atoms with Crippen molar-refractivity contribution >= 4 is 11.9 Å².